The van der Waals surface area contributed by atoms with Crippen LogP contribution < -0.4 is 5.32 Å². The van der Waals surface area contributed by atoms with Crippen molar-refractivity contribution in [2.45, 2.75) is 52.6 Å². The molecule has 1 aliphatic rings. The van der Waals surface area contributed by atoms with E-state index in [4.69, 9.17) is 4.98 Å². The van der Waals surface area contributed by atoms with Gasteiger partial charge >= 0.3 is 0 Å². The molecule has 1 N–H and O–H groups in total. The van der Waals surface area contributed by atoms with Gasteiger partial charge in [-0.3, -0.25) is 9.88 Å². The SMILES string of the molecule is Cc1cc(C)nc(Nc2cncc([C@@H]3CCCN3C(C)C)n2)n1. The Labute approximate surface area is 137 Å². The highest BCUT2D eigenvalue weighted by Crippen LogP contribution is 2.32. The molecule has 0 radical (unpaired) electrons. The third-order valence-corrected chi connectivity index (χ3v) is 4.17. The lowest BCUT2D eigenvalue weighted by atomic mass is 10.1. The molecule has 23 heavy (non-hydrogen) atoms. The van der Waals surface area contributed by atoms with Crippen LogP contribution in [0, 0.1) is 13.8 Å². The first-order valence-electron chi connectivity index (χ1n) is 8.20. The molecule has 2 aromatic rings. The minimum atomic E-state index is 0.351. The van der Waals surface area contributed by atoms with Crippen molar-refractivity contribution < 1.29 is 0 Å². The monoisotopic (exact) mass is 312 g/mol. The molecule has 0 amide bonds. The van der Waals surface area contributed by atoms with E-state index in [-0.39, 0.29) is 0 Å². The first-order chi connectivity index (χ1) is 11.0. The van der Waals surface area contributed by atoms with Gasteiger partial charge in [-0.15, -0.1) is 0 Å². The highest BCUT2D eigenvalue weighted by Gasteiger charge is 2.29. The molecule has 2 aromatic heterocycles. The normalized spacial score (nSPS) is 18.6. The van der Waals surface area contributed by atoms with Crippen LogP contribution >= 0.6 is 0 Å². The van der Waals surface area contributed by atoms with Crippen molar-refractivity contribution in [1.82, 2.24) is 24.8 Å². The fourth-order valence-electron chi connectivity index (χ4n) is 3.22. The number of nitrogens with zero attached hydrogens (tertiary/aromatic N) is 5. The molecule has 3 rings (SSSR count). The van der Waals surface area contributed by atoms with E-state index in [0.29, 0.717) is 23.8 Å². The molecule has 0 unspecified atom stereocenters. The van der Waals surface area contributed by atoms with Gasteiger partial charge in [0.2, 0.25) is 5.95 Å². The van der Waals surface area contributed by atoms with Crippen LogP contribution in [0.25, 0.3) is 0 Å². The van der Waals surface area contributed by atoms with E-state index in [1.165, 1.54) is 6.42 Å². The molecule has 1 aliphatic heterocycles. The summed E-state index contributed by atoms with van der Waals surface area (Å²) in [6.07, 6.45) is 5.94. The fourth-order valence-corrected chi connectivity index (χ4v) is 3.22. The first-order valence-corrected chi connectivity index (χ1v) is 8.20. The molecule has 1 fully saturated rings. The quantitative estimate of drug-likeness (QED) is 0.935. The average Bonchev–Trinajstić information content (AvgIpc) is 2.96. The summed E-state index contributed by atoms with van der Waals surface area (Å²) in [6.45, 7) is 9.51. The molecule has 0 aromatic carbocycles. The number of aryl methyl sites for hydroxylation is 2. The zero-order valence-electron chi connectivity index (χ0n) is 14.2. The number of likely N-dealkylation sites (tertiary alicyclic amines) is 1. The third kappa shape index (κ3) is 3.64. The van der Waals surface area contributed by atoms with Crippen LogP contribution in [0.3, 0.4) is 0 Å². The summed E-state index contributed by atoms with van der Waals surface area (Å²) in [6, 6.07) is 2.82. The van der Waals surface area contributed by atoms with Crippen LogP contribution in [-0.2, 0) is 0 Å². The highest BCUT2D eigenvalue weighted by molar-refractivity contribution is 5.46. The fraction of sp³-hybridized carbons (Fsp3) is 0.529. The minimum absolute atomic E-state index is 0.351. The lowest BCUT2D eigenvalue weighted by Gasteiger charge is -2.27. The molecule has 1 atom stereocenters. The Hall–Kier alpha value is -2.08. The predicted octanol–water partition coefficient (Wildman–Crippen LogP) is 3.17. The smallest absolute Gasteiger partial charge is 0.228 e. The van der Waals surface area contributed by atoms with Crippen LogP contribution in [0.5, 0.6) is 0 Å². The van der Waals surface area contributed by atoms with E-state index in [9.17, 15) is 0 Å². The molecular formula is C17H24N6. The van der Waals surface area contributed by atoms with Gasteiger partial charge in [0, 0.05) is 17.4 Å². The van der Waals surface area contributed by atoms with Gasteiger partial charge in [0.25, 0.3) is 0 Å². The summed E-state index contributed by atoms with van der Waals surface area (Å²) in [5.74, 6) is 1.27. The molecule has 0 aliphatic carbocycles. The number of hydrogen-bond acceptors (Lipinski definition) is 6. The Bertz CT molecular complexity index is 664. The Kier molecular flexibility index (Phi) is 4.52. The molecular weight excluding hydrogens is 288 g/mol. The Balaban J connectivity index is 1.82. The maximum Gasteiger partial charge on any atom is 0.228 e. The topological polar surface area (TPSA) is 66.8 Å². The second-order valence-corrected chi connectivity index (χ2v) is 6.42. The van der Waals surface area contributed by atoms with Gasteiger partial charge in [0.1, 0.15) is 0 Å². The van der Waals surface area contributed by atoms with Crippen molar-refractivity contribution in [3.05, 3.63) is 35.5 Å². The van der Waals surface area contributed by atoms with Crippen molar-refractivity contribution >= 4 is 11.8 Å². The Morgan fingerprint density at radius 1 is 1.13 bits per heavy atom. The highest BCUT2D eigenvalue weighted by atomic mass is 15.2. The van der Waals surface area contributed by atoms with Crippen LogP contribution in [-0.4, -0.2) is 37.4 Å². The zero-order chi connectivity index (χ0) is 16.4. The Morgan fingerprint density at radius 3 is 2.57 bits per heavy atom. The molecule has 6 nitrogen and oxygen atoms in total. The summed E-state index contributed by atoms with van der Waals surface area (Å²) in [5.41, 5.74) is 2.89. The summed E-state index contributed by atoms with van der Waals surface area (Å²) in [7, 11) is 0. The van der Waals surface area contributed by atoms with Gasteiger partial charge in [-0.25, -0.2) is 15.0 Å². The molecule has 122 valence electrons. The van der Waals surface area contributed by atoms with Crippen LogP contribution in [0.2, 0.25) is 0 Å². The summed E-state index contributed by atoms with van der Waals surface area (Å²) >= 11 is 0. The molecule has 0 saturated carbocycles. The predicted molar refractivity (Wildman–Crippen MR) is 90.6 cm³/mol. The van der Waals surface area contributed by atoms with Crippen LogP contribution in [0.15, 0.2) is 18.5 Å². The average molecular weight is 312 g/mol. The van der Waals surface area contributed by atoms with Crippen molar-refractivity contribution in [3.8, 4) is 0 Å². The number of nitrogens with one attached hydrogen (secondary N) is 1. The van der Waals surface area contributed by atoms with E-state index < -0.39 is 0 Å². The van der Waals surface area contributed by atoms with Crippen LogP contribution in [0.1, 0.15) is 49.8 Å². The largest absolute Gasteiger partial charge is 0.307 e. The van der Waals surface area contributed by atoms with Gasteiger partial charge in [0.05, 0.1) is 24.1 Å². The maximum atomic E-state index is 4.75. The molecule has 1 saturated heterocycles. The molecule has 3 heterocycles. The van der Waals surface area contributed by atoms with Crippen molar-refractivity contribution in [2.75, 3.05) is 11.9 Å². The van der Waals surface area contributed by atoms with Crippen LogP contribution in [0.4, 0.5) is 11.8 Å². The molecule has 0 spiro atoms. The standard InChI is InChI=1S/C17H24N6/c1-11(2)23-7-5-6-15(23)14-9-18-10-16(21-14)22-17-19-12(3)8-13(4)20-17/h8-11,15H,5-7H2,1-4H3,(H,19,20,21,22)/t15-/m0/s1. The van der Waals surface area contributed by atoms with Crippen molar-refractivity contribution in [2.24, 2.45) is 0 Å². The Morgan fingerprint density at radius 2 is 1.87 bits per heavy atom. The summed E-state index contributed by atoms with van der Waals surface area (Å²) in [4.78, 5) is 20.4. The van der Waals surface area contributed by atoms with Crippen molar-refractivity contribution in [3.63, 3.8) is 0 Å². The van der Waals surface area contributed by atoms with Gasteiger partial charge in [0.15, 0.2) is 5.82 Å². The van der Waals surface area contributed by atoms with Gasteiger partial charge in [-0.05, 0) is 53.1 Å². The van der Waals surface area contributed by atoms with Gasteiger partial charge in [-0.2, -0.15) is 0 Å². The van der Waals surface area contributed by atoms with E-state index in [1.54, 1.807) is 6.20 Å². The van der Waals surface area contributed by atoms with Crippen molar-refractivity contribution in [1.29, 1.82) is 0 Å². The number of anilines is 2. The van der Waals surface area contributed by atoms with E-state index in [0.717, 1.165) is 30.0 Å². The number of aromatic nitrogens is 4. The zero-order valence-corrected chi connectivity index (χ0v) is 14.2. The van der Waals surface area contributed by atoms with E-state index in [1.807, 2.05) is 26.1 Å². The lowest BCUT2D eigenvalue weighted by Crippen LogP contribution is -2.30. The maximum absolute atomic E-state index is 4.75. The molecule has 6 heteroatoms. The first kappa shape index (κ1) is 15.8. The number of rotatable bonds is 4. The summed E-state index contributed by atoms with van der Waals surface area (Å²) < 4.78 is 0. The minimum Gasteiger partial charge on any atom is -0.307 e. The van der Waals surface area contributed by atoms with E-state index >= 15 is 0 Å². The van der Waals surface area contributed by atoms with Gasteiger partial charge < -0.3 is 5.32 Å². The number of hydrogen-bond donors (Lipinski definition) is 1. The van der Waals surface area contributed by atoms with Gasteiger partial charge in [-0.1, -0.05) is 0 Å². The second-order valence-electron chi connectivity index (χ2n) is 6.42. The second kappa shape index (κ2) is 6.58. The third-order valence-electron chi connectivity index (χ3n) is 4.17. The summed E-state index contributed by atoms with van der Waals surface area (Å²) in [5, 5.41) is 3.18. The molecule has 0 bridgehead atoms. The lowest BCUT2D eigenvalue weighted by molar-refractivity contribution is 0.202. The van der Waals surface area contributed by atoms with E-state index in [2.05, 4.69) is 39.0 Å².